The number of hydrogen-bond acceptors (Lipinski definition) is 6. The van der Waals surface area contributed by atoms with E-state index in [0.717, 1.165) is 11.1 Å². The van der Waals surface area contributed by atoms with Gasteiger partial charge in [-0.05, 0) is 65.5 Å². The van der Waals surface area contributed by atoms with Crippen LogP contribution in [0.4, 0.5) is 0 Å². The first kappa shape index (κ1) is 27.0. The molecule has 6 heteroatoms. The first-order valence-electron chi connectivity index (χ1n) is 11.4. The quantitative estimate of drug-likeness (QED) is 0.424. The lowest BCUT2D eigenvalue weighted by molar-refractivity contribution is -0.177. The van der Waals surface area contributed by atoms with Crippen LogP contribution < -0.4 is 0 Å². The summed E-state index contributed by atoms with van der Waals surface area (Å²) in [7, 11) is 0. The average molecular weight is 467 g/mol. The van der Waals surface area contributed by atoms with Crippen molar-refractivity contribution in [3.8, 4) is 0 Å². The van der Waals surface area contributed by atoms with Crippen molar-refractivity contribution in [3.63, 3.8) is 0 Å². The lowest BCUT2D eigenvalue weighted by atomic mass is 9.82. The van der Waals surface area contributed by atoms with Crippen LogP contribution in [0.5, 0.6) is 0 Å². The monoisotopic (exact) mass is 466 g/mol. The van der Waals surface area contributed by atoms with E-state index >= 15 is 0 Å². The van der Waals surface area contributed by atoms with Crippen molar-refractivity contribution in [2.24, 2.45) is 22.7 Å². The van der Waals surface area contributed by atoms with Crippen molar-refractivity contribution < 1.29 is 28.7 Å². The highest BCUT2D eigenvalue weighted by molar-refractivity contribution is 5.94. The molecule has 0 bridgehead atoms. The molecule has 0 aliphatic carbocycles. The molecule has 2 unspecified atom stereocenters. The van der Waals surface area contributed by atoms with Crippen molar-refractivity contribution in [1.82, 2.24) is 0 Å². The van der Waals surface area contributed by atoms with Crippen molar-refractivity contribution in [1.29, 1.82) is 0 Å². The van der Waals surface area contributed by atoms with Crippen LogP contribution >= 0.6 is 0 Å². The number of hydrogen-bond donors (Lipinski definition) is 0. The number of carbonyl (C=O) groups is 4. The van der Waals surface area contributed by atoms with E-state index in [1.54, 1.807) is 41.5 Å². The summed E-state index contributed by atoms with van der Waals surface area (Å²) in [6, 6.07) is 18.3. The van der Waals surface area contributed by atoms with E-state index in [9.17, 15) is 19.2 Å². The van der Waals surface area contributed by atoms with Gasteiger partial charge in [-0.15, -0.1) is 0 Å². The van der Waals surface area contributed by atoms with E-state index in [-0.39, 0.29) is 12.8 Å². The Kier molecular flexibility index (Phi) is 8.91. The van der Waals surface area contributed by atoms with Crippen molar-refractivity contribution in [3.05, 3.63) is 71.8 Å². The zero-order valence-electron chi connectivity index (χ0n) is 20.8. The second kappa shape index (κ2) is 11.2. The Morgan fingerprint density at radius 2 is 0.882 bits per heavy atom. The lowest BCUT2D eigenvalue weighted by Crippen LogP contribution is -2.39. The molecular weight excluding hydrogens is 432 g/mol. The molecule has 0 saturated carbocycles. The fraction of sp³-hybridized carbons (Fsp3) is 0.429. The number of esters is 4. The van der Waals surface area contributed by atoms with Crippen LogP contribution in [0.3, 0.4) is 0 Å². The summed E-state index contributed by atoms with van der Waals surface area (Å²) in [6.07, 6.45) is 0.292. The Morgan fingerprint density at radius 3 is 1.15 bits per heavy atom. The maximum atomic E-state index is 13.3. The molecule has 0 fully saturated rings. The van der Waals surface area contributed by atoms with Crippen molar-refractivity contribution in [2.75, 3.05) is 0 Å². The molecule has 6 nitrogen and oxygen atoms in total. The van der Waals surface area contributed by atoms with Crippen LogP contribution in [0, 0.1) is 22.7 Å². The molecule has 2 rings (SSSR count). The molecule has 2 aromatic rings. The van der Waals surface area contributed by atoms with Gasteiger partial charge in [-0.3, -0.25) is 19.2 Å². The molecule has 34 heavy (non-hydrogen) atoms. The molecule has 2 aromatic carbocycles. The predicted octanol–water partition coefficient (Wildman–Crippen LogP) is 4.94. The van der Waals surface area contributed by atoms with E-state index in [2.05, 4.69) is 0 Å². The van der Waals surface area contributed by atoms with E-state index in [1.165, 1.54) is 0 Å². The second-order valence-electron chi connectivity index (χ2n) is 10.5. The molecule has 0 aromatic heterocycles. The first-order chi connectivity index (χ1) is 15.8. The molecule has 0 heterocycles. The fourth-order valence-electron chi connectivity index (χ4n) is 3.16. The molecule has 182 valence electrons. The van der Waals surface area contributed by atoms with E-state index in [1.807, 2.05) is 60.7 Å². The molecule has 0 N–H and O–H groups in total. The number of benzene rings is 2. The van der Waals surface area contributed by atoms with Gasteiger partial charge in [0.2, 0.25) is 0 Å². The second-order valence-corrected chi connectivity index (χ2v) is 10.5. The molecular formula is C28H34O6. The third kappa shape index (κ3) is 7.94. The zero-order chi connectivity index (χ0) is 25.5. The van der Waals surface area contributed by atoms with Gasteiger partial charge in [0.25, 0.3) is 0 Å². The number of ether oxygens (including phenoxy) is 2. The van der Waals surface area contributed by atoms with Crippen LogP contribution in [-0.2, 0) is 41.5 Å². The van der Waals surface area contributed by atoms with Crippen LogP contribution in [-0.4, -0.2) is 23.9 Å². The molecule has 0 spiro atoms. The molecule has 0 aliphatic rings. The molecule has 2 atom stereocenters. The van der Waals surface area contributed by atoms with Gasteiger partial charge in [0.05, 0.1) is 22.7 Å². The van der Waals surface area contributed by atoms with Crippen LogP contribution in [0.15, 0.2) is 60.7 Å². The van der Waals surface area contributed by atoms with Gasteiger partial charge in [0, 0.05) is 0 Å². The summed E-state index contributed by atoms with van der Waals surface area (Å²) < 4.78 is 10.4. The molecule has 0 amide bonds. The van der Waals surface area contributed by atoms with Gasteiger partial charge in [0.15, 0.2) is 0 Å². The summed E-state index contributed by atoms with van der Waals surface area (Å²) >= 11 is 0. The van der Waals surface area contributed by atoms with E-state index in [4.69, 9.17) is 9.47 Å². The summed E-state index contributed by atoms with van der Waals surface area (Å²) in [5.74, 6) is -5.07. The Bertz CT molecular complexity index is 913. The Hall–Kier alpha value is -3.28. The third-order valence-electron chi connectivity index (χ3n) is 5.30. The average Bonchev–Trinajstić information content (AvgIpc) is 2.76. The predicted molar refractivity (Wildman–Crippen MR) is 128 cm³/mol. The highest BCUT2D eigenvalue weighted by Gasteiger charge is 2.40. The lowest BCUT2D eigenvalue weighted by Gasteiger charge is -2.26. The Balaban J connectivity index is 2.46. The minimum Gasteiger partial charge on any atom is -0.393 e. The summed E-state index contributed by atoms with van der Waals surface area (Å²) in [5.41, 5.74) is -0.212. The normalized spacial score (nSPS) is 13.5. The minimum absolute atomic E-state index is 0.146. The SMILES string of the molecule is CC(C)(C)C(=O)OC(=O)C(Cc1ccccc1)C(Cc1ccccc1)C(=O)OC(=O)C(C)(C)C. The smallest absolute Gasteiger partial charge is 0.318 e. The van der Waals surface area contributed by atoms with Gasteiger partial charge >= 0.3 is 23.9 Å². The molecule has 0 aliphatic heterocycles. The summed E-state index contributed by atoms with van der Waals surface area (Å²) in [5, 5.41) is 0. The van der Waals surface area contributed by atoms with Crippen molar-refractivity contribution in [2.45, 2.75) is 54.4 Å². The van der Waals surface area contributed by atoms with Crippen molar-refractivity contribution >= 4 is 23.9 Å². The maximum absolute atomic E-state index is 13.3. The van der Waals surface area contributed by atoms with Crippen LogP contribution in [0.25, 0.3) is 0 Å². The van der Waals surface area contributed by atoms with Gasteiger partial charge in [-0.25, -0.2) is 0 Å². The standard InChI is InChI=1S/C28H34O6/c1-27(2,3)25(31)33-23(29)21(17-19-13-9-7-10-14-19)22(18-20-15-11-8-12-16-20)24(30)34-26(32)28(4,5)6/h7-16,21-22H,17-18H2,1-6H3. The fourth-order valence-corrected chi connectivity index (χ4v) is 3.16. The Morgan fingerprint density at radius 1 is 0.588 bits per heavy atom. The molecule has 0 saturated heterocycles. The summed E-state index contributed by atoms with van der Waals surface area (Å²) in [4.78, 5) is 51.5. The van der Waals surface area contributed by atoms with Gasteiger partial charge < -0.3 is 9.47 Å². The highest BCUT2D eigenvalue weighted by Crippen LogP contribution is 2.28. The summed E-state index contributed by atoms with van der Waals surface area (Å²) in [6.45, 7) is 9.87. The van der Waals surface area contributed by atoms with E-state index < -0.39 is 46.5 Å². The number of carbonyl (C=O) groups excluding carboxylic acids is 4. The first-order valence-corrected chi connectivity index (χ1v) is 11.4. The van der Waals surface area contributed by atoms with Gasteiger partial charge in [-0.1, -0.05) is 60.7 Å². The number of rotatable bonds is 7. The largest absolute Gasteiger partial charge is 0.393 e. The Labute approximate surface area is 201 Å². The van der Waals surface area contributed by atoms with E-state index in [0.29, 0.717) is 0 Å². The maximum Gasteiger partial charge on any atom is 0.318 e. The minimum atomic E-state index is -1.03. The topological polar surface area (TPSA) is 86.7 Å². The van der Waals surface area contributed by atoms with Gasteiger partial charge in [0.1, 0.15) is 0 Å². The van der Waals surface area contributed by atoms with Crippen LogP contribution in [0.1, 0.15) is 52.7 Å². The van der Waals surface area contributed by atoms with Gasteiger partial charge in [-0.2, -0.15) is 0 Å². The highest BCUT2D eigenvalue weighted by atomic mass is 16.6. The van der Waals surface area contributed by atoms with Crippen LogP contribution in [0.2, 0.25) is 0 Å². The molecule has 0 radical (unpaired) electrons. The third-order valence-corrected chi connectivity index (χ3v) is 5.30. The zero-order valence-corrected chi connectivity index (χ0v) is 20.8.